The van der Waals surface area contributed by atoms with E-state index in [9.17, 15) is 9.59 Å². The van der Waals surface area contributed by atoms with Crippen LogP contribution in [0.5, 0.6) is 0 Å². The van der Waals surface area contributed by atoms with Gasteiger partial charge in [0.15, 0.2) is 5.13 Å². The predicted molar refractivity (Wildman–Crippen MR) is 69.7 cm³/mol. The standard InChI is InChI=1S/C11H17N3O3S/c1-4-17-11(16)14-10-13-8(6-18-10)5-9(15)12-7(2)3/h6-7H,4-5H2,1-3H3,(H,12,15)(H,13,14,16). The van der Waals surface area contributed by atoms with Gasteiger partial charge in [-0.3, -0.25) is 10.1 Å². The molecule has 0 saturated carbocycles. The van der Waals surface area contributed by atoms with E-state index >= 15 is 0 Å². The molecular formula is C11H17N3O3S. The second-order valence-electron chi connectivity index (χ2n) is 3.89. The van der Waals surface area contributed by atoms with Crippen molar-refractivity contribution in [2.45, 2.75) is 33.2 Å². The number of carbonyl (C=O) groups excluding carboxylic acids is 2. The van der Waals surface area contributed by atoms with E-state index in [-0.39, 0.29) is 18.4 Å². The first-order valence-corrected chi connectivity index (χ1v) is 6.56. The van der Waals surface area contributed by atoms with E-state index in [0.29, 0.717) is 17.4 Å². The molecular weight excluding hydrogens is 254 g/mol. The first-order valence-electron chi connectivity index (χ1n) is 5.68. The first kappa shape index (κ1) is 14.4. The molecule has 0 aliphatic rings. The van der Waals surface area contributed by atoms with Crippen molar-refractivity contribution in [3.8, 4) is 0 Å². The van der Waals surface area contributed by atoms with Crippen LogP contribution in [0.15, 0.2) is 5.38 Å². The van der Waals surface area contributed by atoms with Gasteiger partial charge in [0.2, 0.25) is 5.91 Å². The zero-order valence-electron chi connectivity index (χ0n) is 10.6. The minimum Gasteiger partial charge on any atom is -0.450 e. The topological polar surface area (TPSA) is 80.3 Å². The van der Waals surface area contributed by atoms with Gasteiger partial charge >= 0.3 is 6.09 Å². The third kappa shape index (κ3) is 5.13. The van der Waals surface area contributed by atoms with Gasteiger partial charge in [-0.05, 0) is 20.8 Å². The molecule has 100 valence electrons. The zero-order chi connectivity index (χ0) is 13.5. The third-order valence-electron chi connectivity index (χ3n) is 1.83. The number of hydrogen-bond donors (Lipinski definition) is 2. The second-order valence-corrected chi connectivity index (χ2v) is 4.75. The Morgan fingerprint density at radius 1 is 1.50 bits per heavy atom. The Morgan fingerprint density at radius 2 is 2.22 bits per heavy atom. The maximum absolute atomic E-state index is 11.5. The highest BCUT2D eigenvalue weighted by Gasteiger charge is 2.10. The maximum atomic E-state index is 11.5. The largest absolute Gasteiger partial charge is 0.450 e. The van der Waals surface area contributed by atoms with Crippen LogP contribution in [0.3, 0.4) is 0 Å². The highest BCUT2D eigenvalue weighted by molar-refractivity contribution is 7.13. The van der Waals surface area contributed by atoms with Gasteiger partial charge in [-0.15, -0.1) is 11.3 Å². The van der Waals surface area contributed by atoms with E-state index in [0.717, 1.165) is 0 Å². The molecule has 0 saturated heterocycles. The lowest BCUT2D eigenvalue weighted by Gasteiger charge is -2.06. The lowest BCUT2D eigenvalue weighted by molar-refractivity contribution is -0.120. The fourth-order valence-electron chi connectivity index (χ4n) is 1.24. The van der Waals surface area contributed by atoms with E-state index in [1.54, 1.807) is 12.3 Å². The van der Waals surface area contributed by atoms with Crippen LogP contribution in [0.25, 0.3) is 0 Å². The van der Waals surface area contributed by atoms with Crippen molar-refractivity contribution in [3.05, 3.63) is 11.1 Å². The van der Waals surface area contributed by atoms with Gasteiger partial charge in [0, 0.05) is 11.4 Å². The monoisotopic (exact) mass is 271 g/mol. The molecule has 1 rings (SSSR count). The summed E-state index contributed by atoms with van der Waals surface area (Å²) < 4.78 is 4.73. The highest BCUT2D eigenvalue weighted by Crippen LogP contribution is 2.15. The Bertz CT molecular complexity index is 417. The van der Waals surface area contributed by atoms with Gasteiger partial charge in [-0.25, -0.2) is 9.78 Å². The van der Waals surface area contributed by atoms with Crippen molar-refractivity contribution in [1.82, 2.24) is 10.3 Å². The SMILES string of the molecule is CCOC(=O)Nc1nc(CC(=O)NC(C)C)cs1. The van der Waals surface area contributed by atoms with Crippen LogP contribution in [0.2, 0.25) is 0 Å². The van der Waals surface area contributed by atoms with Crippen molar-refractivity contribution in [2.24, 2.45) is 0 Å². The lowest BCUT2D eigenvalue weighted by Crippen LogP contribution is -2.31. The number of hydrogen-bond acceptors (Lipinski definition) is 5. The Labute approximate surface area is 110 Å². The molecule has 0 radical (unpaired) electrons. The fourth-order valence-corrected chi connectivity index (χ4v) is 1.93. The summed E-state index contributed by atoms with van der Waals surface area (Å²) in [6.07, 6.45) is -0.329. The minimum absolute atomic E-state index is 0.0852. The number of rotatable bonds is 5. The highest BCUT2D eigenvalue weighted by atomic mass is 32.1. The van der Waals surface area contributed by atoms with Crippen molar-refractivity contribution >= 4 is 28.5 Å². The first-order chi connectivity index (χ1) is 8.51. The predicted octanol–water partition coefficient (Wildman–Crippen LogP) is 1.78. The summed E-state index contributed by atoms with van der Waals surface area (Å²) >= 11 is 1.26. The van der Waals surface area contributed by atoms with Gasteiger partial charge in [0.1, 0.15) is 0 Å². The Morgan fingerprint density at radius 3 is 2.83 bits per heavy atom. The van der Waals surface area contributed by atoms with Crippen LogP contribution < -0.4 is 10.6 Å². The van der Waals surface area contributed by atoms with Crippen LogP contribution in [0, 0.1) is 0 Å². The minimum atomic E-state index is -0.537. The maximum Gasteiger partial charge on any atom is 0.413 e. The molecule has 2 N–H and O–H groups in total. The molecule has 1 aromatic heterocycles. The molecule has 1 aromatic rings. The van der Waals surface area contributed by atoms with Crippen LogP contribution in [-0.2, 0) is 16.0 Å². The summed E-state index contributed by atoms with van der Waals surface area (Å²) in [5, 5.41) is 7.44. The van der Waals surface area contributed by atoms with E-state index in [1.807, 2.05) is 13.8 Å². The summed E-state index contributed by atoms with van der Waals surface area (Å²) in [7, 11) is 0. The van der Waals surface area contributed by atoms with Crippen LogP contribution >= 0.6 is 11.3 Å². The zero-order valence-corrected chi connectivity index (χ0v) is 11.5. The molecule has 0 aliphatic carbocycles. The normalized spacial score (nSPS) is 10.2. The Kier molecular flexibility index (Phi) is 5.57. The summed E-state index contributed by atoms with van der Waals surface area (Å²) in [4.78, 5) is 26.8. The van der Waals surface area contributed by atoms with E-state index in [4.69, 9.17) is 4.74 Å². The number of anilines is 1. The van der Waals surface area contributed by atoms with Crippen molar-refractivity contribution in [1.29, 1.82) is 0 Å². The quantitative estimate of drug-likeness (QED) is 0.855. The molecule has 2 amide bonds. The summed E-state index contributed by atoms with van der Waals surface area (Å²) in [5.74, 6) is -0.0852. The molecule has 0 spiro atoms. The third-order valence-corrected chi connectivity index (χ3v) is 2.63. The van der Waals surface area contributed by atoms with Crippen LogP contribution in [0.4, 0.5) is 9.93 Å². The van der Waals surface area contributed by atoms with Crippen LogP contribution in [0.1, 0.15) is 26.5 Å². The van der Waals surface area contributed by atoms with Crippen molar-refractivity contribution < 1.29 is 14.3 Å². The molecule has 18 heavy (non-hydrogen) atoms. The molecule has 0 unspecified atom stereocenters. The molecule has 0 bridgehead atoms. The average Bonchev–Trinajstić information content (AvgIpc) is 2.64. The van der Waals surface area contributed by atoms with Gasteiger partial charge in [-0.2, -0.15) is 0 Å². The number of nitrogens with zero attached hydrogens (tertiary/aromatic N) is 1. The van der Waals surface area contributed by atoms with E-state index in [2.05, 4.69) is 15.6 Å². The number of nitrogens with one attached hydrogen (secondary N) is 2. The Balaban J connectivity index is 2.48. The summed E-state index contributed by atoms with van der Waals surface area (Å²) in [6.45, 7) is 5.82. The molecule has 1 heterocycles. The molecule has 6 nitrogen and oxygen atoms in total. The van der Waals surface area contributed by atoms with Gasteiger partial charge in [0.25, 0.3) is 0 Å². The molecule has 7 heteroatoms. The molecule has 0 fully saturated rings. The van der Waals surface area contributed by atoms with Crippen molar-refractivity contribution in [3.63, 3.8) is 0 Å². The number of ether oxygens (including phenoxy) is 1. The number of aromatic nitrogens is 1. The molecule has 0 atom stereocenters. The van der Waals surface area contributed by atoms with Gasteiger partial charge < -0.3 is 10.1 Å². The smallest absolute Gasteiger partial charge is 0.413 e. The lowest BCUT2D eigenvalue weighted by atomic mass is 10.3. The fraction of sp³-hybridized carbons (Fsp3) is 0.545. The number of thiazole rings is 1. The summed E-state index contributed by atoms with van der Waals surface area (Å²) in [5.41, 5.74) is 0.630. The van der Waals surface area contributed by atoms with Gasteiger partial charge in [-0.1, -0.05) is 0 Å². The second kappa shape index (κ2) is 6.95. The van der Waals surface area contributed by atoms with Gasteiger partial charge in [0.05, 0.1) is 18.7 Å². The van der Waals surface area contributed by atoms with Crippen molar-refractivity contribution in [2.75, 3.05) is 11.9 Å². The average molecular weight is 271 g/mol. The van der Waals surface area contributed by atoms with E-state index < -0.39 is 6.09 Å². The van der Waals surface area contributed by atoms with Crippen LogP contribution in [-0.4, -0.2) is 29.6 Å². The summed E-state index contributed by atoms with van der Waals surface area (Å²) in [6, 6.07) is 0.105. The number of carbonyl (C=O) groups is 2. The Hall–Kier alpha value is -1.63. The van der Waals surface area contributed by atoms with E-state index in [1.165, 1.54) is 11.3 Å². The number of amides is 2. The molecule has 0 aliphatic heterocycles. The molecule has 0 aromatic carbocycles.